The summed E-state index contributed by atoms with van der Waals surface area (Å²) in [5.74, 6) is -0.764. The summed E-state index contributed by atoms with van der Waals surface area (Å²) in [5, 5.41) is 12.2. The molecule has 0 aliphatic heterocycles. The predicted octanol–water partition coefficient (Wildman–Crippen LogP) is 3.68. The van der Waals surface area contributed by atoms with Crippen molar-refractivity contribution in [1.82, 2.24) is 0 Å². The van der Waals surface area contributed by atoms with Crippen molar-refractivity contribution in [2.75, 3.05) is 19.5 Å². The molecule has 1 amide bonds. The largest absolute Gasteiger partial charge is 0.495 e. The molecule has 132 valence electrons. The van der Waals surface area contributed by atoms with E-state index in [0.29, 0.717) is 16.3 Å². The van der Waals surface area contributed by atoms with Gasteiger partial charge in [0.05, 0.1) is 30.5 Å². The van der Waals surface area contributed by atoms with Gasteiger partial charge in [-0.2, -0.15) is 5.26 Å². The number of nitriles is 1. The number of ether oxygens (including phenoxy) is 2. The normalized spacial score (nSPS) is 10.6. The van der Waals surface area contributed by atoms with E-state index in [9.17, 15) is 14.9 Å². The lowest BCUT2D eigenvalue weighted by Crippen LogP contribution is -2.16. The molecule has 2 aromatic rings. The molecule has 0 spiro atoms. The van der Waals surface area contributed by atoms with E-state index in [4.69, 9.17) is 16.3 Å². The number of hydrogen-bond acceptors (Lipinski definition) is 5. The van der Waals surface area contributed by atoms with Gasteiger partial charge in [0.2, 0.25) is 0 Å². The number of carbonyl (C=O) groups is 2. The average molecular weight is 371 g/mol. The van der Waals surface area contributed by atoms with Gasteiger partial charge in [0.15, 0.2) is 0 Å². The molecule has 0 aliphatic rings. The molecule has 0 saturated heterocycles. The lowest BCUT2D eigenvalue weighted by Gasteiger charge is -2.09. The molecule has 2 aromatic carbocycles. The molecular weight excluding hydrogens is 356 g/mol. The van der Waals surface area contributed by atoms with Gasteiger partial charge in [-0.1, -0.05) is 29.8 Å². The van der Waals surface area contributed by atoms with E-state index in [1.54, 1.807) is 36.4 Å². The summed E-state index contributed by atoms with van der Waals surface area (Å²) in [6.45, 7) is 0. The van der Waals surface area contributed by atoms with Crippen LogP contribution < -0.4 is 10.1 Å². The van der Waals surface area contributed by atoms with Crippen molar-refractivity contribution in [2.24, 2.45) is 0 Å². The van der Waals surface area contributed by atoms with Gasteiger partial charge in [-0.25, -0.2) is 4.79 Å². The first-order valence-electron chi connectivity index (χ1n) is 7.44. The predicted molar refractivity (Wildman–Crippen MR) is 98.0 cm³/mol. The van der Waals surface area contributed by atoms with Crippen molar-refractivity contribution in [3.8, 4) is 11.8 Å². The summed E-state index contributed by atoms with van der Waals surface area (Å²) < 4.78 is 9.74. The number of rotatable bonds is 5. The van der Waals surface area contributed by atoms with Crippen LogP contribution in [-0.2, 0) is 9.53 Å². The Morgan fingerprint density at radius 3 is 2.54 bits per heavy atom. The molecule has 0 fully saturated rings. The van der Waals surface area contributed by atoms with Gasteiger partial charge >= 0.3 is 5.97 Å². The van der Waals surface area contributed by atoms with Gasteiger partial charge < -0.3 is 14.8 Å². The lowest BCUT2D eigenvalue weighted by molar-refractivity contribution is -0.112. The molecule has 0 bridgehead atoms. The Kier molecular flexibility index (Phi) is 6.36. The number of carbonyl (C=O) groups excluding carboxylic acids is 2. The Labute approximate surface area is 155 Å². The van der Waals surface area contributed by atoms with E-state index in [-0.39, 0.29) is 16.8 Å². The first-order valence-corrected chi connectivity index (χ1v) is 7.82. The summed E-state index contributed by atoms with van der Waals surface area (Å²) in [7, 11) is 2.73. The first-order chi connectivity index (χ1) is 12.5. The maximum absolute atomic E-state index is 12.4. The van der Waals surface area contributed by atoms with Crippen LogP contribution in [0.3, 0.4) is 0 Å². The molecule has 0 radical (unpaired) electrons. The molecule has 0 unspecified atom stereocenters. The van der Waals surface area contributed by atoms with Crippen LogP contribution in [0.15, 0.2) is 48.0 Å². The zero-order valence-corrected chi connectivity index (χ0v) is 14.8. The maximum atomic E-state index is 12.4. The van der Waals surface area contributed by atoms with E-state index < -0.39 is 11.9 Å². The van der Waals surface area contributed by atoms with E-state index >= 15 is 0 Å². The third-order valence-corrected chi connectivity index (χ3v) is 3.73. The van der Waals surface area contributed by atoms with Gasteiger partial charge in [0.25, 0.3) is 5.91 Å². The fourth-order valence-corrected chi connectivity index (χ4v) is 2.42. The van der Waals surface area contributed by atoms with Gasteiger partial charge in [-0.15, -0.1) is 0 Å². The highest BCUT2D eigenvalue weighted by atomic mass is 35.5. The van der Waals surface area contributed by atoms with Crippen LogP contribution in [0.25, 0.3) is 6.08 Å². The fraction of sp³-hybridized carbons (Fsp3) is 0.105. The number of anilines is 1. The average Bonchev–Trinajstić information content (AvgIpc) is 2.66. The highest BCUT2D eigenvalue weighted by molar-refractivity contribution is 6.32. The molecule has 0 aromatic heterocycles. The molecular formula is C19H15ClN2O4. The standard InChI is InChI=1S/C19H15ClN2O4/c1-25-17-8-7-12(10-15(17)20)9-13(11-21)18(23)22-16-6-4-3-5-14(16)19(24)26-2/h3-10H,1-2H3,(H,22,23)/b13-9+. The molecule has 6 nitrogen and oxygen atoms in total. The lowest BCUT2D eigenvalue weighted by atomic mass is 10.1. The Hall–Kier alpha value is -3.30. The van der Waals surface area contributed by atoms with E-state index in [2.05, 4.69) is 10.1 Å². The monoisotopic (exact) mass is 370 g/mol. The van der Waals surface area contributed by atoms with E-state index in [0.717, 1.165) is 0 Å². The second-order valence-corrected chi connectivity index (χ2v) is 5.46. The minimum atomic E-state index is -0.657. The molecule has 0 aliphatic carbocycles. The van der Waals surface area contributed by atoms with E-state index in [1.807, 2.05) is 6.07 Å². The molecule has 2 rings (SSSR count). The second-order valence-electron chi connectivity index (χ2n) is 5.06. The van der Waals surface area contributed by atoms with E-state index in [1.165, 1.54) is 26.4 Å². The molecule has 1 N–H and O–H groups in total. The van der Waals surface area contributed by atoms with Crippen molar-refractivity contribution >= 4 is 35.2 Å². The summed E-state index contributed by atoms with van der Waals surface area (Å²) in [4.78, 5) is 24.2. The second kappa shape index (κ2) is 8.70. The van der Waals surface area contributed by atoms with Gasteiger partial charge in [-0.3, -0.25) is 4.79 Å². The maximum Gasteiger partial charge on any atom is 0.339 e. The number of benzene rings is 2. The molecule has 7 heteroatoms. The molecule has 0 saturated carbocycles. The van der Waals surface area contributed by atoms with Gasteiger partial charge in [-0.05, 0) is 35.9 Å². The number of nitrogens with zero attached hydrogens (tertiary/aromatic N) is 1. The number of halogens is 1. The van der Waals surface area contributed by atoms with Crippen LogP contribution in [0.5, 0.6) is 5.75 Å². The summed E-state index contributed by atoms with van der Waals surface area (Å²) in [6, 6.07) is 13.1. The third kappa shape index (κ3) is 4.41. The Morgan fingerprint density at radius 1 is 1.19 bits per heavy atom. The van der Waals surface area contributed by atoms with Crippen molar-refractivity contribution in [1.29, 1.82) is 5.26 Å². The SMILES string of the molecule is COC(=O)c1ccccc1NC(=O)/C(C#N)=C/c1ccc(OC)c(Cl)c1. The summed E-state index contributed by atoms with van der Waals surface area (Å²) in [6.07, 6.45) is 1.39. The topological polar surface area (TPSA) is 88.4 Å². The van der Waals surface area contributed by atoms with Gasteiger partial charge in [0.1, 0.15) is 17.4 Å². The number of nitrogens with one attached hydrogen (secondary N) is 1. The number of hydrogen-bond donors (Lipinski definition) is 1. The zero-order chi connectivity index (χ0) is 19.1. The fourth-order valence-electron chi connectivity index (χ4n) is 2.16. The smallest absolute Gasteiger partial charge is 0.339 e. The highest BCUT2D eigenvalue weighted by Crippen LogP contribution is 2.26. The first kappa shape index (κ1) is 19.0. The number of amides is 1. The number of para-hydroxylation sites is 1. The minimum absolute atomic E-state index is 0.147. The third-order valence-electron chi connectivity index (χ3n) is 3.43. The molecule has 0 heterocycles. The van der Waals surface area contributed by atoms with Crippen LogP contribution in [-0.4, -0.2) is 26.1 Å². The van der Waals surface area contributed by atoms with Gasteiger partial charge in [0, 0.05) is 0 Å². The van der Waals surface area contributed by atoms with Crippen LogP contribution in [0.2, 0.25) is 5.02 Å². The Balaban J connectivity index is 2.29. The molecule has 0 atom stereocenters. The highest BCUT2D eigenvalue weighted by Gasteiger charge is 2.16. The number of esters is 1. The van der Waals surface area contributed by atoms with Crippen LogP contribution in [0, 0.1) is 11.3 Å². The number of methoxy groups -OCH3 is 2. The van der Waals surface area contributed by atoms with Crippen molar-refractivity contribution < 1.29 is 19.1 Å². The Bertz CT molecular complexity index is 916. The van der Waals surface area contributed by atoms with Crippen LogP contribution >= 0.6 is 11.6 Å². The van der Waals surface area contributed by atoms with Crippen molar-refractivity contribution in [2.45, 2.75) is 0 Å². The minimum Gasteiger partial charge on any atom is -0.495 e. The summed E-state index contributed by atoms with van der Waals surface area (Å²) >= 11 is 6.05. The van der Waals surface area contributed by atoms with Crippen LogP contribution in [0.1, 0.15) is 15.9 Å². The molecule has 26 heavy (non-hydrogen) atoms. The van der Waals surface area contributed by atoms with Crippen molar-refractivity contribution in [3.05, 3.63) is 64.2 Å². The Morgan fingerprint density at radius 2 is 1.92 bits per heavy atom. The zero-order valence-electron chi connectivity index (χ0n) is 14.1. The van der Waals surface area contributed by atoms with Crippen LogP contribution in [0.4, 0.5) is 5.69 Å². The van der Waals surface area contributed by atoms with Crippen molar-refractivity contribution in [3.63, 3.8) is 0 Å². The summed E-state index contributed by atoms with van der Waals surface area (Å²) in [5.41, 5.74) is 0.848. The quantitative estimate of drug-likeness (QED) is 0.492.